The highest BCUT2D eigenvalue weighted by Gasteiger charge is 2.44. The molecule has 0 saturated carbocycles. The Morgan fingerprint density at radius 1 is 0.125 bits per heavy atom. The van der Waals surface area contributed by atoms with Crippen molar-refractivity contribution in [2.75, 3.05) is 0 Å². The normalized spacial score (nSPS) is 19.5. The fourth-order valence-electron chi connectivity index (χ4n) is 13.5. The van der Waals surface area contributed by atoms with Gasteiger partial charge in [-0.05, 0) is 228 Å². The monoisotopic (exact) mass is 500 g/mol. The molecule has 16 rings (SSSR count). The van der Waals surface area contributed by atoms with E-state index in [1.165, 1.54) is 64.2 Å². The molecule has 0 amide bonds. The van der Waals surface area contributed by atoms with Crippen molar-refractivity contribution in [2.24, 2.45) is 0 Å². The zero-order valence-electron chi connectivity index (χ0n) is 22.1. The summed E-state index contributed by atoms with van der Waals surface area (Å²) in [5, 5.41) is 34.5. The lowest BCUT2D eigenvalue weighted by Gasteiger charge is -2.19. The zero-order valence-corrected chi connectivity index (χ0v) is 22.1. The Hall–Kier alpha value is -3.90. The van der Waals surface area contributed by atoms with Gasteiger partial charge in [0, 0.05) is 0 Å². The van der Waals surface area contributed by atoms with Gasteiger partial charge < -0.3 is 0 Å². The summed E-state index contributed by atoms with van der Waals surface area (Å²) in [6, 6.07) is 0. The number of hydrogen-bond acceptors (Lipinski definition) is 0. The fraction of sp³-hybridized carbons (Fsp3) is 0.250. The molecule has 0 atom stereocenters. The van der Waals surface area contributed by atoms with Crippen molar-refractivity contribution in [1.82, 2.24) is 0 Å². The van der Waals surface area contributed by atoms with Gasteiger partial charge in [0.15, 0.2) is 0 Å². The maximum absolute atomic E-state index is 1.77. The molecule has 0 nitrogen and oxygen atoms in total. The smallest absolute Gasteiger partial charge is 0.0000257 e. The fourth-order valence-corrected chi connectivity index (χ4v) is 13.5. The molecule has 11 aromatic rings. The molecule has 0 saturated heterocycles. The van der Waals surface area contributed by atoms with E-state index >= 15 is 0 Å². The highest BCUT2D eigenvalue weighted by molar-refractivity contribution is 6.63. The minimum atomic E-state index is 1.27. The lowest BCUT2D eigenvalue weighted by molar-refractivity contribution is 0.858. The van der Waals surface area contributed by atoms with Crippen molar-refractivity contribution in [3.63, 3.8) is 0 Å². The first-order valence-electron chi connectivity index (χ1n) is 16.0. The molecule has 11 aromatic carbocycles. The highest BCUT2D eigenvalue weighted by atomic mass is 14.5. The van der Waals surface area contributed by atoms with Crippen LogP contribution in [0.15, 0.2) is 0 Å². The molecule has 5 aliphatic rings. The van der Waals surface area contributed by atoms with Crippen LogP contribution in [0.5, 0.6) is 0 Å². The van der Waals surface area contributed by atoms with Crippen molar-refractivity contribution in [2.45, 2.75) is 64.2 Å². The standard InChI is InChI=1S/C40H20/c1-2-12-14-5-6-16-18-9-10-20-19-8-7-17-15-4-3-13-11(1)21-22(12)32-24(14)26(16)34-29(18)30(20)35-28(19)27(17)33-25(15)23(13)31(21)36-37(32)39(34)40(35)38(33)36/h1-10H2. The zero-order chi connectivity index (χ0) is 24.4. The van der Waals surface area contributed by atoms with Crippen molar-refractivity contribution in [3.05, 3.63) is 55.6 Å². The number of aryl methyl sites for hydroxylation is 10. The van der Waals surface area contributed by atoms with E-state index in [1.54, 1.807) is 163 Å². The molecule has 0 radical (unpaired) electrons. The van der Waals surface area contributed by atoms with E-state index in [0.717, 1.165) is 0 Å². The van der Waals surface area contributed by atoms with Crippen LogP contribution in [-0.4, -0.2) is 0 Å². The molecule has 0 aromatic heterocycles. The van der Waals surface area contributed by atoms with Crippen LogP contribution in [0.1, 0.15) is 55.6 Å². The summed E-state index contributed by atoms with van der Waals surface area (Å²) in [5.41, 5.74) is 17.7. The van der Waals surface area contributed by atoms with Gasteiger partial charge in [0.1, 0.15) is 0 Å². The predicted molar refractivity (Wildman–Crippen MR) is 168 cm³/mol. The highest BCUT2D eigenvalue weighted by Crippen LogP contribution is 2.68. The summed E-state index contributed by atoms with van der Waals surface area (Å²) in [4.78, 5) is 0. The van der Waals surface area contributed by atoms with Gasteiger partial charge in [0.25, 0.3) is 0 Å². The maximum atomic E-state index is 1.77. The SMILES string of the molecule is C1Cc2c3c4c5c(c6c7c8c(c9c%10c%11c(c%12c%13c%14c(c1c1c2c4c2c(c1%14)c(c%13%11)c(c%108)c2c57)CC%12)CC9)CC6)CC3. The molecular formula is C40H20. The van der Waals surface area contributed by atoms with Crippen LogP contribution in [0.25, 0.3) is 108 Å². The van der Waals surface area contributed by atoms with Gasteiger partial charge in [0.05, 0.1) is 0 Å². The second-order valence-corrected chi connectivity index (χ2v) is 14.8. The molecule has 0 fully saturated rings. The summed E-state index contributed by atoms with van der Waals surface area (Å²) >= 11 is 0. The van der Waals surface area contributed by atoms with Crippen LogP contribution in [0.2, 0.25) is 0 Å². The van der Waals surface area contributed by atoms with E-state index in [2.05, 4.69) is 0 Å². The Morgan fingerprint density at radius 3 is 0.350 bits per heavy atom. The molecule has 180 valence electrons. The van der Waals surface area contributed by atoms with Crippen molar-refractivity contribution in [3.8, 4) is 0 Å². The lowest BCUT2D eigenvalue weighted by atomic mass is 9.85. The van der Waals surface area contributed by atoms with Gasteiger partial charge in [-0.3, -0.25) is 0 Å². The van der Waals surface area contributed by atoms with Crippen LogP contribution in [-0.2, 0) is 64.2 Å². The molecule has 0 spiro atoms. The second kappa shape index (κ2) is 4.42. The quantitative estimate of drug-likeness (QED) is 0.182. The number of hydrogen-bond donors (Lipinski definition) is 0. The number of benzene rings is 5. The first-order valence-corrected chi connectivity index (χ1v) is 16.0. The third kappa shape index (κ3) is 1.14. The predicted octanol–water partition coefficient (Wildman–Crippen LogP) is 9.21. The third-order valence-electron chi connectivity index (χ3n) is 14.2. The van der Waals surface area contributed by atoms with Crippen molar-refractivity contribution < 1.29 is 0 Å². The summed E-state index contributed by atoms with van der Waals surface area (Å²) < 4.78 is 0. The molecule has 0 heterocycles. The second-order valence-electron chi connectivity index (χ2n) is 14.8. The molecule has 0 heteroatoms. The Morgan fingerprint density at radius 2 is 0.225 bits per heavy atom. The summed E-state index contributed by atoms with van der Waals surface area (Å²) in [5.74, 6) is 0. The van der Waals surface area contributed by atoms with Gasteiger partial charge in [-0.1, -0.05) is 0 Å². The van der Waals surface area contributed by atoms with Crippen molar-refractivity contribution in [1.29, 1.82) is 0 Å². The molecule has 0 aliphatic heterocycles. The van der Waals surface area contributed by atoms with Crippen LogP contribution < -0.4 is 0 Å². The van der Waals surface area contributed by atoms with E-state index < -0.39 is 0 Å². The minimum absolute atomic E-state index is 1.27. The Bertz CT molecular complexity index is 2430. The average molecular weight is 501 g/mol. The van der Waals surface area contributed by atoms with E-state index in [1.807, 2.05) is 0 Å². The summed E-state index contributed by atoms with van der Waals surface area (Å²) in [6.45, 7) is 0. The van der Waals surface area contributed by atoms with E-state index in [-0.39, 0.29) is 0 Å². The largest absolute Gasteiger partial charge is 0.0353 e. The van der Waals surface area contributed by atoms with Gasteiger partial charge in [-0.25, -0.2) is 0 Å². The van der Waals surface area contributed by atoms with Gasteiger partial charge >= 0.3 is 0 Å². The molecule has 0 unspecified atom stereocenters. The Labute approximate surface area is 227 Å². The molecule has 40 heavy (non-hydrogen) atoms. The summed E-state index contributed by atoms with van der Waals surface area (Å²) in [6.07, 6.45) is 12.7. The topological polar surface area (TPSA) is 0 Å². The van der Waals surface area contributed by atoms with Crippen LogP contribution in [0.3, 0.4) is 0 Å². The molecule has 0 N–H and O–H groups in total. The van der Waals surface area contributed by atoms with Gasteiger partial charge in [-0.2, -0.15) is 0 Å². The first-order chi connectivity index (χ1) is 19.9. The number of rotatable bonds is 0. The van der Waals surface area contributed by atoms with Crippen LogP contribution >= 0.6 is 0 Å². The van der Waals surface area contributed by atoms with E-state index in [9.17, 15) is 0 Å². The average Bonchev–Trinajstić information content (AvgIpc) is 3.79. The molecule has 0 bridgehead atoms. The molecular weight excluding hydrogens is 480 g/mol. The first kappa shape index (κ1) is 17.0. The van der Waals surface area contributed by atoms with Gasteiger partial charge in [0.2, 0.25) is 0 Å². The van der Waals surface area contributed by atoms with E-state index in [0.29, 0.717) is 0 Å². The van der Waals surface area contributed by atoms with Crippen molar-refractivity contribution >= 4 is 108 Å². The molecule has 5 aliphatic carbocycles. The Kier molecular flexibility index (Phi) is 1.88. The third-order valence-corrected chi connectivity index (χ3v) is 14.2. The maximum Gasteiger partial charge on any atom is -0.0000257 e. The van der Waals surface area contributed by atoms with Crippen LogP contribution in [0, 0.1) is 0 Å². The minimum Gasteiger partial charge on any atom is -0.0353 e. The lowest BCUT2D eigenvalue weighted by Crippen LogP contribution is -2.08. The number of fused-ring (bicyclic) bond motifs is 5. The summed E-state index contributed by atoms with van der Waals surface area (Å²) in [7, 11) is 0. The Balaban J connectivity index is 1.52. The van der Waals surface area contributed by atoms with Gasteiger partial charge in [-0.15, -0.1) is 0 Å². The van der Waals surface area contributed by atoms with Crippen LogP contribution in [0.4, 0.5) is 0 Å². The van der Waals surface area contributed by atoms with E-state index in [4.69, 9.17) is 0 Å².